The summed E-state index contributed by atoms with van der Waals surface area (Å²) in [7, 11) is 1.54. The molecule has 1 aromatic rings. The Hall–Kier alpha value is -1.13. The second-order valence-electron chi connectivity index (χ2n) is 4.82. The molecule has 2 rings (SSSR count). The zero-order valence-corrected chi connectivity index (χ0v) is 10.4. The maximum Gasteiger partial charge on any atom is 0.131 e. The van der Waals surface area contributed by atoms with Gasteiger partial charge in [-0.25, -0.2) is 4.39 Å². The molecule has 94 valence electrons. The molecule has 1 aliphatic heterocycles. The Balaban J connectivity index is 1.97. The van der Waals surface area contributed by atoms with Crippen molar-refractivity contribution in [3.8, 4) is 5.75 Å². The number of nitrogens with zero attached hydrogens (tertiary/aromatic N) is 1. The van der Waals surface area contributed by atoms with E-state index in [0.29, 0.717) is 17.9 Å². The second kappa shape index (κ2) is 4.63. The van der Waals surface area contributed by atoms with Gasteiger partial charge in [0, 0.05) is 36.8 Å². The summed E-state index contributed by atoms with van der Waals surface area (Å²) >= 11 is 0. The highest BCUT2D eigenvalue weighted by molar-refractivity contribution is 5.29. The third-order valence-corrected chi connectivity index (χ3v) is 3.44. The van der Waals surface area contributed by atoms with Crippen LogP contribution in [0.25, 0.3) is 0 Å². The van der Waals surface area contributed by atoms with Gasteiger partial charge in [-0.3, -0.25) is 4.90 Å². The van der Waals surface area contributed by atoms with E-state index in [1.54, 1.807) is 12.1 Å². The highest BCUT2D eigenvalue weighted by Gasteiger charge is 2.37. The third-order valence-electron chi connectivity index (χ3n) is 3.44. The third kappa shape index (κ3) is 2.58. The molecule has 0 aromatic heterocycles. The predicted molar refractivity (Wildman–Crippen MR) is 65.4 cm³/mol. The Morgan fingerprint density at radius 1 is 1.47 bits per heavy atom. The normalized spacial score (nSPS) is 18.8. The van der Waals surface area contributed by atoms with Gasteiger partial charge in [-0.15, -0.1) is 0 Å². The van der Waals surface area contributed by atoms with E-state index in [4.69, 9.17) is 10.5 Å². The Kier molecular flexibility index (Phi) is 3.35. The SMILES string of the molecule is CCC1(N)CN(Cc2ccc(OC)cc2F)C1. The molecular weight excluding hydrogens is 219 g/mol. The lowest BCUT2D eigenvalue weighted by atomic mass is 9.88. The molecule has 1 heterocycles. The van der Waals surface area contributed by atoms with E-state index in [1.165, 1.54) is 13.2 Å². The number of methoxy groups -OCH3 is 1. The summed E-state index contributed by atoms with van der Waals surface area (Å²) in [5, 5.41) is 0. The largest absolute Gasteiger partial charge is 0.497 e. The van der Waals surface area contributed by atoms with Gasteiger partial charge in [-0.05, 0) is 12.5 Å². The fourth-order valence-corrected chi connectivity index (χ4v) is 2.20. The van der Waals surface area contributed by atoms with Crippen LogP contribution >= 0.6 is 0 Å². The molecule has 0 aliphatic carbocycles. The molecular formula is C13H19FN2O. The zero-order valence-electron chi connectivity index (χ0n) is 10.4. The van der Waals surface area contributed by atoms with Gasteiger partial charge in [0.25, 0.3) is 0 Å². The topological polar surface area (TPSA) is 38.5 Å². The summed E-state index contributed by atoms with van der Waals surface area (Å²) in [6, 6.07) is 4.98. The molecule has 0 atom stereocenters. The van der Waals surface area contributed by atoms with E-state index >= 15 is 0 Å². The number of halogens is 1. The van der Waals surface area contributed by atoms with Crippen molar-refractivity contribution in [3.05, 3.63) is 29.6 Å². The Bertz CT molecular complexity index is 402. The van der Waals surface area contributed by atoms with Gasteiger partial charge < -0.3 is 10.5 Å². The Morgan fingerprint density at radius 3 is 2.71 bits per heavy atom. The van der Waals surface area contributed by atoms with Crippen LogP contribution in [0, 0.1) is 5.82 Å². The molecule has 0 spiro atoms. The molecule has 2 N–H and O–H groups in total. The van der Waals surface area contributed by atoms with Gasteiger partial charge in [0.1, 0.15) is 11.6 Å². The molecule has 1 aliphatic rings. The number of ether oxygens (including phenoxy) is 1. The molecule has 1 saturated heterocycles. The molecule has 0 saturated carbocycles. The van der Waals surface area contributed by atoms with Gasteiger partial charge in [0.2, 0.25) is 0 Å². The standard InChI is InChI=1S/C13H19FN2O/c1-3-13(15)8-16(9-13)7-10-4-5-11(17-2)6-12(10)14/h4-6H,3,7-9,15H2,1-2H3. The van der Waals surface area contributed by atoms with Crippen LogP contribution in [0.2, 0.25) is 0 Å². The van der Waals surface area contributed by atoms with E-state index in [2.05, 4.69) is 11.8 Å². The van der Waals surface area contributed by atoms with Crippen molar-refractivity contribution in [2.75, 3.05) is 20.2 Å². The van der Waals surface area contributed by atoms with Crippen molar-refractivity contribution in [1.29, 1.82) is 0 Å². The van der Waals surface area contributed by atoms with Gasteiger partial charge >= 0.3 is 0 Å². The molecule has 0 unspecified atom stereocenters. The van der Waals surface area contributed by atoms with E-state index in [1.807, 2.05) is 0 Å². The van der Waals surface area contributed by atoms with Crippen molar-refractivity contribution in [2.45, 2.75) is 25.4 Å². The van der Waals surface area contributed by atoms with Crippen molar-refractivity contribution in [1.82, 2.24) is 4.90 Å². The highest BCUT2D eigenvalue weighted by Crippen LogP contribution is 2.25. The molecule has 1 fully saturated rings. The summed E-state index contributed by atoms with van der Waals surface area (Å²) in [6.07, 6.45) is 0.967. The van der Waals surface area contributed by atoms with Crippen LogP contribution in [0.4, 0.5) is 4.39 Å². The minimum Gasteiger partial charge on any atom is -0.497 e. The fraction of sp³-hybridized carbons (Fsp3) is 0.538. The summed E-state index contributed by atoms with van der Waals surface area (Å²) in [6.45, 7) is 4.39. The first kappa shape index (κ1) is 12.3. The van der Waals surface area contributed by atoms with Gasteiger partial charge in [-0.2, -0.15) is 0 Å². The van der Waals surface area contributed by atoms with Crippen LogP contribution in [0.1, 0.15) is 18.9 Å². The van der Waals surface area contributed by atoms with Gasteiger partial charge in [-0.1, -0.05) is 13.0 Å². The van der Waals surface area contributed by atoms with Crippen molar-refractivity contribution >= 4 is 0 Å². The van der Waals surface area contributed by atoms with Gasteiger partial charge in [0.05, 0.1) is 7.11 Å². The number of hydrogen-bond acceptors (Lipinski definition) is 3. The first-order chi connectivity index (χ1) is 8.06. The first-order valence-electron chi connectivity index (χ1n) is 5.90. The van der Waals surface area contributed by atoms with Crippen LogP contribution in [0.5, 0.6) is 5.75 Å². The Morgan fingerprint density at radius 2 is 2.18 bits per heavy atom. The number of nitrogens with two attached hydrogens (primary N) is 1. The monoisotopic (exact) mass is 238 g/mol. The van der Waals surface area contributed by atoms with Crippen LogP contribution in [-0.2, 0) is 6.54 Å². The summed E-state index contributed by atoms with van der Waals surface area (Å²) < 4.78 is 18.7. The average molecular weight is 238 g/mol. The predicted octanol–water partition coefficient (Wildman–Crippen LogP) is 1.76. The van der Waals surface area contributed by atoms with E-state index in [0.717, 1.165) is 19.5 Å². The number of benzene rings is 1. The first-order valence-corrected chi connectivity index (χ1v) is 5.90. The van der Waals surface area contributed by atoms with Crippen LogP contribution in [0.3, 0.4) is 0 Å². The molecule has 17 heavy (non-hydrogen) atoms. The highest BCUT2D eigenvalue weighted by atomic mass is 19.1. The zero-order chi connectivity index (χ0) is 12.5. The Labute approximate surface area is 101 Å². The van der Waals surface area contributed by atoms with Crippen molar-refractivity contribution in [3.63, 3.8) is 0 Å². The molecule has 4 heteroatoms. The maximum absolute atomic E-state index is 13.7. The van der Waals surface area contributed by atoms with E-state index in [9.17, 15) is 4.39 Å². The smallest absolute Gasteiger partial charge is 0.131 e. The molecule has 0 bridgehead atoms. The number of rotatable bonds is 4. The van der Waals surface area contributed by atoms with E-state index < -0.39 is 0 Å². The average Bonchev–Trinajstić information content (AvgIpc) is 2.29. The second-order valence-corrected chi connectivity index (χ2v) is 4.82. The van der Waals surface area contributed by atoms with Crippen LogP contribution in [0.15, 0.2) is 18.2 Å². The fourth-order valence-electron chi connectivity index (χ4n) is 2.20. The molecule has 1 aromatic carbocycles. The number of likely N-dealkylation sites (tertiary alicyclic amines) is 1. The van der Waals surface area contributed by atoms with Gasteiger partial charge in [0.15, 0.2) is 0 Å². The summed E-state index contributed by atoms with van der Waals surface area (Å²) in [5.41, 5.74) is 6.71. The van der Waals surface area contributed by atoms with E-state index in [-0.39, 0.29) is 11.4 Å². The number of hydrogen-bond donors (Lipinski definition) is 1. The maximum atomic E-state index is 13.7. The summed E-state index contributed by atoms with van der Waals surface area (Å²) in [5.74, 6) is 0.340. The molecule has 3 nitrogen and oxygen atoms in total. The summed E-state index contributed by atoms with van der Waals surface area (Å²) in [4.78, 5) is 2.16. The lowest BCUT2D eigenvalue weighted by Gasteiger charge is -2.47. The minimum absolute atomic E-state index is 0.0665. The van der Waals surface area contributed by atoms with Crippen molar-refractivity contribution < 1.29 is 9.13 Å². The van der Waals surface area contributed by atoms with Crippen LogP contribution in [-0.4, -0.2) is 30.6 Å². The van der Waals surface area contributed by atoms with Crippen molar-refractivity contribution in [2.24, 2.45) is 5.73 Å². The van der Waals surface area contributed by atoms with Crippen LogP contribution < -0.4 is 10.5 Å². The minimum atomic E-state index is -0.213. The quantitative estimate of drug-likeness (QED) is 0.868. The molecule has 0 radical (unpaired) electrons. The molecule has 0 amide bonds. The lowest BCUT2D eigenvalue weighted by Crippen LogP contribution is -2.66. The lowest BCUT2D eigenvalue weighted by molar-refractivity contribution is 0.0597.